The second-order valence-electron chi connectivity index (χ2n) is 3.68. The quantitative estimate of drug-likeness (QED) is 0.515. The standard InChI is InChI=1S/C9H20N4O3/c1-6(8(14)12-9(11)15)13(2)4-7(10)5-16-3/h6-7H,4-5,10H2,1-3H3,(H3,11,12,14,15). The molecule has 16 heavy (non-hydrogen) atoms. The number of carbonyl (C=O) groups is 2. The van der Waals surface area contributed by atoms with E-state index < -0.39 is 18.0 Å². The molecule has 0 fully saturated rings. The topological polar surface area (TPSA) is 111 Å². The van der Waals surface area contributed by atoms with Crippen molar-refractivity contribution in [3.8, 4) is 0 Å². The van der Waals surface area contributed by atoms with Crippen LogP contribution in [0.25, 0.3) is 0 Å². The molecule has 0 aromatic rings. The zero-order valence-corrected chi connectivity index (χ0v) is 9.90. The van der Waals surface area contributed by atoms with Crippen molar-refractivity contribution in [1.29, 1.82) is 0 Å². The predicted octanol–water partition coefficient (Wildman–Crippen LogP) is -1.52. The summed E-state index contributed by atoms with van der Waals surface area (Å²) < 4.78 is 4.88. The lowest BCUT2D eigenvalue weighted by molar-refractivity contribution is -0.124. The highest BCUT2D eigenvalue weighted by molar-refractivity contribution is 5.96. The van der Waals surface area contributed by atoms with Crippen molar-refractivity contribution in [3.63, 3.8) is 0 Å². The number of nitrogens with one attached hydrogen (secondary N) is 1. The van der Waals surface area contributed by atoms with Gasteiger partial charge in [0.1, 0.15) is 0 Å². The summed E-state index contributed by atoms with van der Waals surface area (Å²) in [4.78, 5) is 23.6. The maximum Gasteiger partial charge on any atom is 0.318 e. The fraction of sp³-hybridized carbons (Fsp3) is 0.778. The number of nitrogens with zero attached hydrogens (tertiary/aromatic N) is 1. The van der Waals surface area contributed by atoms with Gasteiger partial charge < -0.3 is 16.2 Å². The number of amides is 3. The molecular formula is C9H20N4O3. The van der Waals surface area contributed by atoms with Crippen LogP contribution in [0.5, 0.6) is 0 Å². The number of nitrogens with two attached hydrogens (primary N) is 2. The largest absolute Gasteiger partial charge is 0.383 e. The molecule has 2 atom stereocenters. The van der Waals surface area contributed by atoms with E-state index >= 15 is 0 Å². The van der Waals surface area contributed by atoms with Crippen molar-refractivity contribution in [2.45, 2.75) is 19.0 Å². The van der Waals surface area contributed by atoms with Crippen molar-refractivity contribution >= 4 is 11.9 Å². The van der Waals surface area contributed by atoms with Crippen molar-refractivity contribution in [2.24, 2.45) is 11.5 Å². The number of likely N-dealkylation sites (N-methyl/N-ethyl adjacent to an activating group) is 1. The summed E-state index contributed by atoms with van der Waals surface area (Å²) in [5.41, 5.74) is 10.6. The highest BCUT2D eigenvalue weighted by atomic mass is 16.5. The molecular weight excluding hydrogens is 212 g/mol. The monoisotopic (exact) mass is 232 g/mol. The first-order valence-corrected chi connectivity index (χ1v) is 4.93. The zero-order valence-electron chi connectivity index (χ0n) is 9.90. The fourth-order valence-corrected chi connectivity index (χ4v) is 1.22. The molecule has 0 aliphatic rings. The molecule has 0 aromatic carbocycles. The molecule has 0 aliphatic heterocycles. The third-order valence-corrected chi connectivity index (χ3v) is 2.19. The number of methoxy groups -OCH3 is 1. The van der Waals surface area contributed by atoms with E-state index in [1.165, 1.54) is 0 Å². The fourth-order valence-electron chi connectivity index (χ4n) is 1.22. The minimum absolute atomic E-state index is 0.182. The molecule has 94 valence electrons. The van der Waals surface area contributed by atoms with Crippen LogP contribution in [-0.2, 0) is 9.53 Å². The predicted molar refractivity (Wildman–Crippen MR) is 59.7 cm³/mol. The normalized spacial score (nSPS) is 14.6. The molecule has 7 nitrogen and oxygen atoms in total. The van der Waals surface area contributed by atoms with Crippen LogP contribution >= 0.6 is 0 Å². The number of imide groups is 1. The van der Waals surface area contributed by atoms with Crippen LogP contribution in [-0.4, -0.2) is 56.2 Å². The number of rotatable bonds is 6. The van der Waals surface area contributed by atoms with Crippen LogP contribution in [0.2, 0.25) is 0 Å². The van der Waals surface area contributed by atoms with Crippen LogP contribution in [0.4, 0.5) is 4.79 Å². The Balaban J connectivity index is 4.11. The van der Waals surface area contributed by atoms with E-state index in [1.807, 2.05) is 5.32 Å². The lowest BCUT2D eigenvalue weighted by atomic mass is 10.2. The highest BCUT2D eigenvalue weighted by Crippen LogP contribution is 1.97. The van der Waals surface area contributed by atoms with E-state index in [4.69, 9.17) is 16.2 Å². The second kappa shape index (κ2) is 7.15. The molecule has 0 spiro atoms. The minimum atomic E-state index is -0.855. The van der Waals surface area contributed by atoms with Gasteiger partial charge in [-0.15, -0.1) is 0 Å². The van der Waals surface area contributed by atoms with Gasteiger partial charge in [-0.2, -0.15) is 0 Å². The Bertz CT molecular complexity index is 247. The maximum absolute atomic E-state index is 11.4. The number of ether oxygens (including phenoxy) is 1. The third-order valence-electron chi connectivity index (χ3n) is 2.19. The molecule has 2 unspecified atom stereocenters. The first kappa shape index (κ1) is 14.8. The van der Waals surface area contributed by atoms with Crippen molar-refractivity contribution in [3.05, 3.63) is 0 Å². The van der Waals surface area contributed by atoms with E-state index in [0.717, 1.165) is 0 Å². The Labute approximate surface area is 95.1 Å². The van der Waals surface area contributed by atoms with E-state index in [9.17, 15) is 9.59 Å². The van der Waals surface area contributed by atoms with E-state index in [-0.39, 0.29) is 6.04 Å². The van der Waals surface area contributed by atoms with Gasteiger partial charge in [0.05, 0.1) is 12.6 Å². The Kier molecular flexibility index (Phi) is 6.63. The second-order valence-corrected chi connectivity index (χ2v) is 3.68. The van der Waals surface area contributed by atoms with Gasteiger partial charge >= 0.3 is 6.03 Å². The molecule has 3 amide bonds. The Hall–Kier alpha value is -1.18. The van der Waals surface area contributed by atoms with Crippen LogP contribution in [0.1, 0.15) is 6.92 Å². The van der Waals surface area contributed by atoms with Gasteiger partial charge in [-0.3, -0.25) is 15.0 Å². The van der Waals surface area contributed by atoms with Gasteiger partial charge in [0.2, 0.25) is 5.91 Å². The third kappa shape index (κ3) is 5.64. The molecule has 0 radical (unpaired) electrons. The summed E-state index contributed by atoms with van der Waals surface area (Å²) in [6, 6.07) is -1.51. The number of hydrogen-bond acceptors (Lipinski definition) is 5. The minimum Gasteiger partial charge on any atom is -0.383 e. The average molecular weight is 232 g/mol. The Morgan fingerprint density at radius 1 is 1.50 bits per heavy atom. The summed E-state index contributed by atoms with van der Waals surface area (Å²) in [5.74, 6) is -0.445. The van der Waals surface area contributed by atoms with Gasteiger partial charge in [-0.1, -0.05) is 0 Å². The molecule has 0 bridgehead atoms. The molecule has 0 aromatic heterocycles. The Morgan fingerprint density at radius 3 is 2.50 bits per heavy atom. The summed E-state index contributed by atoms with van der Waals surface area (Å²) in [6.07, 6.45) is 0. The summed E-state index contributed by atoms with van der Waals surface area (Å²) >= 11 is 0. The lowest BCUT2D eigenvalue weighted by Gasteiger charge is -2.25. The Morgan fingerprint density at radius 2 is 2.06 bits per heavy atom. The van der Waals surface area contributed by atoms with Gasteiger partial charge in [-0.05, 0) is 14.0 Å². The highest BCUT2D eigenvalue weighted by Gasteiger charge is 2.20. The molecule has 0 saturated heterocycles. The maximum atomic E-state index is 11.4. The molecule has 0 saturated carbocycles. The van der Waals surface area contributed by atoms with Crippen molar-refractivity contribution in [2.75, 3.05) is 27.3 Å². The molecule has 0 rings (SSSR count). The van der Waals surface area contributed by atoms with Gasteiger partial charge in [0.15, 0.2) is 0 Å². The van der Waals surface area contributed by atoms with Gasteiger partial charge in [-0.25, -0.2) is 4.79 Å². The molecule has 5 N–H and O–H groups in total. The number of carbonyl (C=O) groups excluding carboxylic acids is 2. The van der Waals surface area contributed by atoms with Crippen molar-refractivity contribution < 1.29 is 14.3 Å². The lowest BCUT2D eigenvalue weighted by Crippen LogP contribution is -2.50. The van der Waals surface area contributed by atoms with Crippen LogP contribution in [0.15, 0.2) is 0 Å². The first-order chi connectivity index (χ1) is 7.38. The summed E-state index contributed by atoms with van der Waals surface area (Å²) in [7, 11) is 3.30. The van der Waals surface area contributed by atoms with Gasteiger partial charge in [0, 0.05) is 19.7 Å². The van der Waals surface area contributed by atoms with E-state index in [1.54, 1.807) is 26.0 Å². The molecule has 7 heteroatoms. The SMILES string of the molecule is COCC(N)CN(C)C(C)C(=O)NC(N)=O. The first-order valence-electron chi connectivity index (χ1n) is 4.93. The molecule has 0 aliphatic carbocycles. The summed E-state index contributed by atoms with van der Waals surface area (Å²) in [5, 5.41) is 2.01. The van der Waals surface area contributed by atoms with Crippen LogP contribution in [0, 0.1) is 0 Å². The van der Waals surface area contributed by atoms with E-state index in [0.29, 0.717) is 13.2 Å². The van der Waals surface area contributed by atoms with Gasteiger partial charge in [0.25, 0.3) is 0 Å². The van der Waals surface area contributed by atoms with Crippen LogP contribution in [0.3, 0.4) is 0 Å². The number of urea groups is 1. The number of hydrogen-bond donors (Lipinski definition) is 3. The number of primary amides is 1. The zero-order chi connectivity index (χ0) is 12.7. The molecule has 0 heterocycles. The van der Waals surface area contributed by atoms with E-state index in [2.05, 4.69) is 0 Å². The average Bonchev–Trinajstić information content (AvgIpc) is 2.15. The van der Waals surface area contributed by atoms with Crippen LogP contribution < -0.4 is 16.8 Å². The summed E-state index contributed by atoms with van der Waals surface area (Å²) in [6.45, 7) is 2.56. The van der Waals surface area contributed by atoms with Crippen molar-refractivity contribution in [1.82, 2.24) is 10.2 Å². The smallest absolute Gasteiger partial charge is 0.318 e.